The normalized spacial score (nSPS) is 22.8. The lowest BCUT2D eigenvalue weighted by Crippen LogP contribution is -2.44. The van der Waals surface area contributed by atoms with E-state index in [1.54, 1.807) is 19.2 Å². The molecule has 3 aliphatic rings. The van der Waals surface area contributed by atoms with Crippen molar-refractivity contribution in [1.29, 1.82) is 0 Å². The molecule has 2 amide bonds. The molecule has 0 radical (unpaired) electrons. The van der Waals surface area contributed by atoms with Crippen LogP contribution >= 0.6 is 23.2 Å². The van der Waals surface area contributed by atoms with Gasteiger partial charge in [0.1, 0.15) is 0 Å². The number of likely N-dealkylation sites (N-methyl/N-ethyl adjacent to an activating group) is 1. The Bertz CT molecular complexity index is 1210. The number of hydrogen-bond donors (Lipinski definition) is 0. The Hall–Kier alpha value is -2.29. The van der Waals surface area contributed by atoms with Crippen LogP contribution in [0.2, 0.25) is 10.0 Å². The van der Waals surface area contributed by atoms with Gasteiger partial charge in [-0.15, -0.1) is 0 Å². The van der Waals surface area contributed by atoms with Gasteiger partial charge < -0.3 is 14.7 Å². The van der Waals surface area contributed by atoms with E-state index >= 15 is 0 Å². The molecule has 0 N–H and O–H groups in total. The van der Waals surface area contributed by atoms with Crippen LogP contribution in [0.4, 0.5) is 13.2 Å². The van der Waals surface area contributed by atoms with Crippen LogP contribution in [0.1, 0.15) is 53.1 Å². The van der Waals surface area contributed by atoms with Crippen molar-refractivity contribution < 1.29 is 22.8 Å². The Morgan fingerprint density at radius 3 is 2.26 bits per heavy atom. The van der Waals surface area contributed by atoms with Crippen LogP contribution in [0.3, 0.4) is 0 Å². The first kappa shape index (κ1) is 28.2. The topological polar surface area (TPSA) is 43.9 Å². The van der Waals surface area contributed by atoms with Crippen LogP contribution in [0, 0.1) is 11.8 Å². The molecule has 1 saturated carbocycles. The average Bonchev–Trinajstić information content (AvgIpc) is 3.62. The van der Waals surface area contributed by atoms with E-state index in [0.717, 1.165) is 56.1 Å². The van der Waals surface area contributed by atoms with Crippen LogP contribution in [0.15, 0.2) is 42.5 Å². The minimum atomic E-state index is -4.68. The average molecular weight is 582 g/mol. The molecule has 10 heteroatoms. The summed E-state index contributed by atoms with van der Waals surface area (Å²) in [7, 11) is 1.59. The Kier molecular flexibility index (Phi) is 8.18. The lowest BCUT2D eigenvalue weighted by Gasteiger charge is -2.33. The number of alkyl halides is 3. The fourth-order valence-corrected chi connectivity index (χ4v) is 6.26. The number of rotatable bonds is 6. The molecule has 5 rings (SSSR count). The first-order valence-electron chi connectivity index (χ1n) is 13.4. The first-order valence-corrected chi connectivity index (χ1v) is 14.2. The van der Waals surface area contributed by atoms with Gasteiger partial charge >= 0.3 is 6.18 Å². The highest BCUT2D eigenvalue weighted by molar-refractivity contribution is 6.31. The molecule has 0 bridgehead atoms. The number of halogens is 5. The smallest absolute Gasteiger partial charge is 0.340 e. The van der Waals surface area contributed by atoms with Gasteiger partial charge in [0, 0.05) is 49.1 Å². The number of nitrogens with zero attached hydrogens (tertiary/aromatic N) is 3. The van der Waals surface area contributed by atoms with Crippen LogP contribution in [0.5, 0.6) is 0 Å². The predicted molar refractivity (Wildman–Crippen MR) is 145 cm³/mol. The number of carbonyl (C=O) groups is 2. The molecule has 2 aromatic rings. The van der Waals surface area contributed by atoms with E-state index < -0.39 is 28.7 Å². The van der Waals surface area contributed by atoms with Gasteiger partial charge in [-0.3, -0.25) is 9.59 Å². The van der Waals surface area contributed by atoms with E-state index in [0.29, 0.717) is 18.1 Å². The number of hydrogen-bond acceptors (Lipinski definition) is 3. The zero-order chi connectivity index (χ0) is 27.9. The van der Waals surface area contributed by atoms with Crippen molar-refractivity contribution in [3.05, 3.63) is 69.2 Å². The second kappa shape index (κ2) is 11.3. The number of benzene rings is 2. The Balaban J connectivity index is 1.34. The summed E-state index contributed by atoms with van der Waals surface area (Å²) < 4.78 is 40.3. The van der Waals surface area contributed by atoms with Crippen molar-refractivity contribution >= 4 is 35.0 Å². The van der Waals surface area contributed by atoms with Crippen LogP contribution in [0.25, 0.3) is 0 Å². The number of likely N-dealkylation sites (tertiary alicyclic amines) is 2. The van der Waals surface area contributed by atoms with Crippen molar-refractivity contribution in [3.63, 3.8) is 0 Å². The molecule has 2 saturated heterocycles. The Morgan fingerprint density at radius 2 is 1.64 bits per heavy atom. The zero-order valence-electron chi connectivity index (χ0n) is 21.8. The second-order valence-corrected chi connectivity index (χ2v) is 11.9. The van der Waals surface area contributed by atoms with E-state index in [1.165, 1.54) is 23.8 Å². The van der Waals surface area contributed by atoms with Gasteiger partial charge in [0.05, 0.1) is 16.6 Å². The molecule has 3 fully saturated rings. The van der Waals surface area contributed by atoms with Crippen molar-refractivity contribution in [1.82, 2.24) is 14.7 Å². The maximum absolute atomic E-state index is 13.6. The third-order valence-electron chi connectivity index (χ3n) is 8.39. The quantitative estimate of drug-likeness (QED) is 0.408. The molecule has 5 nitrogen and oxygen atoms in total. The maximum Gasteiger partial charge on any atom is 0.417 e. The van der Waals surface area contributed by atoms with Gasteiger partial charge in [-0.25, -0.2) is 0 Å². The fraction of sp³-hybridized carbons (Fsp3) is 0.517. The summed E-state index contributed by atoms with van der Waals surface area (Å²) in [6.45, 7) is 3.71. The molecule has 2 atom stereocenters. The van der Waals surface area contributed by atoms with Gasteiger partial charge in [-0.2, -0.15) is 13.2 Å². The predicted octanol–water partition coefficient (Wildman–Crippen LogP) is 6.20. The first-order chi connectivity index (χ1) is 18.5. The van der Waals surface area contributed by atoms with Crippen LogP contribution in [-0.4, -0.2) is 72.3 Å². The van der Waals surface area contributed by atoms with E-state index in [4.69, 9.17) is 23.2 Å². The minimum Gasteiger partial charge on any atom is -0.340 e. The van der Waals surface area contributed by atoms with Crippen molar-refractivity contribution in [2.24, 2.45) is 11.8 Å². The maximum atomic E-state index is 13.6. The standard InChI is InChI=1S/C29H32Cl2F3N3O2/c1-35(27(38)21-6-9-25(31)24(14-21)29(32,33)34)26-17-37(16-23(26)19-4-7-22(30)8-5-19)28(39)20-10-12-36(13-11-20)15-18-2-3-18/h4-9,14,18,20,23,26H,2-3,10-13,15-17H2,1H3/t23-,26+/m1/s1. The van der Waals surface area contributed by atoms with Gasteiger partial charge in [-0.05, 0) is 80.6 Å². The van der Waals surface area contributed by atoms with Crippen LogP contribution < -0.4 is 0 Å². The van der Waals surface area contributed by atoms with E-state index in [-0.39, 0.29) is 23.3 Å². The van der Waals surface area contributed by atoms with Gasteiger partial charge in [0.15, 0.2) is 0 Å². The molecule has 0 aromatic heterocycles. The summed E-state index contributed by atoms with van der Waals surface area (Å²) in [5, 5.41) is 0.117. The summed E-state index contributed by atoms with van der Waals surface area (Å²) in [5.74, 6) is 0.0943. The summed E-state index contributed by atoms with van der Waals surface area (Å²) in [4.78, 5) is 32.8. The molecule has 210 valence electrons. The van der Waals surface area contributed by atoms with E-state index in [9.17, 15) is 22.8 Å². The highest BCUT2D eigenvalue weighted by Gasteiger charge is 2.43. The highest BCUT2D eigenvalue weighted by Crippen LogP contribution is 2.37. The molecule has 1 aliphatic carbocycles. The Morgan fingerprint density at radius 1 is 0.974 bits per heavy atom. The molecule has 2 heterocycles. The second-order valence-electron chi connectivity index (χ2n) is 11.1. The molecule has 0 spiro atoms. The van der Waals surface area contributed by atoms with Gasteiger partial charge in [-0.1, -0.05) is 35.3 Å². The summed E-state index contributed by atoms with van der Waals surface area (Å²) in [6.07, 6.45) is -0.432. The largest absolute Gasteiger partial charge is 0.417 e. The highest BCUT2D eigenvalue weighted by atomic mass is 35.5. The summed E-state index contributed by atoms with van der Waals surface area (Å²) in [5.41, 5.74) is -0.225. The molecule has 0 unspecified atom stereocenters. The van der Waals surface area contributed by atoms with Gasteiger partial charge in [0.25, 0.3) is 5.91 Å². The lowest BCUT2D eigenvalue weighted by molar-refractivity contribution is -0.137. The summed E-state index contributed by atoms with van der Waals surface area (Å²) >= 11 is 11.9. The van der Waals surface area contributed by atoms with Crippen molar-refractivity contribution in [2.45, 2.75) is 43.8 Å². The van der Waals surface area contributed by atoms with Gasteiger partial charge in [0.2, 0.25) is 5.91 Å². The molecule has 39 heavy (non-hydrogen) atoms. The monoisotopic (exact) mass is 581 g/mol. The van der Waals surface area contributed by atoms with Crippen LogP contribution in [-0.2, 0) is 11.0 Å². The molecule has 2 aliphatic heterocycles. The molecular formula is C29H32Cl2F3N3O2. The van der Waals surface area contributed by atoms with Crippen molar-refractivity contribution in [2.75, 3.05) is 39.8 Å². The summed E-state index contributed by atoms with van der Waals surface area (Å²) in [6, 6.07) is 10.1. The zero-order valence-corrected chi connectivity index (χ0v) is 23.3. The Labute approximate surface area is 236 Å². The molecular weight excluding hydrogens is 550 g/mol. The van der Waals surface area contributed by atoms with Crippen molar-refractivity contribution in [3.8, 4) is 0 Å². The molecule has 2 aromatic carbocycles. The number of carbonyl (C=O) groups excluding carboxylic acids is 2. The SMILES string of the molecule is CN(C(=O)c1ccc(Cl)c(C(F)(F)F)c1)[C@H]1CN(C(=O)C2CCN(CC3CC3)CC2)C[C@@H]1c1ccc(Cl)cc1. The lowest BCUT2D eigenvalue weighted by atomic mass is 9.93. The third kappa shape index (κ3) is 6.39. The minimum absolute atomic E-state index is 0.0586. The third-order valence-corrected chi connectivity index (χ3v) is 8.97. The van der Waals surface area contributed by atoms with E-state index in [2.05, 4.69) is 4.90 Å². The number of piperidine rings is 1. The number of amides is 2. The van der Waals surface area contributed by atoms with E-state index in [1.807, 2.05) is 17.0 Å². The fourth-order valence-electron chi connectivity index (χ4n) is 5.91.